The van der Waals surface area contributed by atoms with Gasteiger partial charge in [-0.3, -0.25) is 9.29 Å². The Bertz CT molecular complexity index is 627. The number of para-hydroxylation sites is 1. The molecule has 0 aliphatic rings. The Morgan fingerprint density at radius 3 is 2.45 bits per heavy atom. The van der Waals surface area contributed by atoms with E-state index in [2.05, 4.69) is 4.98 Å². The fraction of sp³-hybridized carbons (Fsp3) is 0.267. The number of benzene rings is 1. The lowest BCUT2D eigenvalue weighted by atomic mass is 10.3. The molecule has 0 bridgehead atoms. The van der Waals surface area contributed by atoms with Crippen LogP contribution in [0.1, 0.15) is 19.8 Å². The third-order valence-electron chi connectivity index (χ3n) is 2.98. The quantitative estimate of drug-likeness (QED) is 0.821. The van der Waals surface area contributed by atoms with E-state index in [0.29, 0.717) is 12.2 Å². The summed E-state index contributed by atoms with van der Waals surface area (Å²) in [5, 5.41) is 0. The lowest BCUT2D eigenvalue weighted by molar-refractivity contribution is 0.588. The van der Waals surface area contributed by atoms with Crippen LogP contribution in [-0.2, 0) is 10.0 Å². The van der Waals surface area contributed by atoms with Gasteiger partial charge in [0.05, 0.1) is 5.69 Å². The Hall–Kier alpha value is -1.88. The van der Waals surface area contributed by atoms with Crippen molar-refractivity contribution in [1.82, 2.24) is 4.98 Å². The van der Waals surface area contributed by atoms with E-state index < -0.39 is 10.0 Å². The van der Waals surface area contributed by atoms with E-state index in [4.69, 9.17) is 0 Å². The van der Waals surface area contributed by atoms with Crippen LogP contribution in [0.2, 0.25) is 0 Å². The Kier molecular flexibility index (Phi) is 4.74. The van der Waals surface area contributed by atoms with Crippen LogP contribution in [0.15, 0.2) is 59.8 Å². The summed E-state index contributed by atoms with van der Waals surface area (Å²) in [6.45, 7) is 2.51. The molecule has 0 unspecified atom stereocenters. The van der Waals surface area contributed by atoms with Crippen molar-refractivity contribution in [2.24, 2.45) is 0 Å². The number of hydrogen-bond donors (Lipinski definition) is 0. The highest BCUT2D eigenvalue weighted by Crippen LogP contribution is 2.23. The number of hydrogen-bond acceptors (Lipinski definition) is 3. The Labute approximate surface area is 120 Å². The van der Waals surface area contributed by atoms with Crippen LogP contribution in [0, 0.1) is 0 Å². The van der Waals surface area contributed by atoms with Gasteiger partial charge in [0.25, 0.3) is 10.0 Å². The number of rotatable bonds is 6. The molecule has 0 amide bonds. The molecule has 20 heavy (non-hydrogen) atoms. The van der Waals surface area contributed by atoms with Crippen LogP contribution < -0.4 is 4.31 Å². The second kappa shape index (κ2) is 6.52. The van der Waals surface area contributed by atoms with E-state index in [9.17, 15) is 8.42 Å². The molecule has 5 heteroatoms. The molecule has 2 rings (SSSR count). The maximum absolute atomic E-state index is 12.7. The maximum Gasteiger partial charge on any atom is 0.265 e. The molecule has 0 aliphatic carbocycles. The summed E-state index contributed by atoms with van der Waals surface area (Å²) in [5.41, 5.74) is 0.685. The molecular weight excluding hydrogens is 272 g/mol. The standard InChI is InChI=1S/C15H18N2O2S/c1-2-3-12-17(14-8-5-4-6-9-14)20(18,19)15-10-7-11-16-13-15/h4-11,13H,2-3,12H2,1H3. The van der Waals surface area contributed by atoms with Crippen molar-refractivity contribution >= 4 is 15.7 Å². The predicted octanol–water partition coefficient (Wildman–Crippen LogP) is 3.08. The van der Waals surface area contributed by atoms with Gasteiger partial charge < -0.3 is 0 Å². The van der Waals surface area contributed by atoms with Crippen molar-refractivity contribution in [2.75, 3.05) is 10.8 Å². The van der Waals surface area contributed by atoms with Crippen molar-refractivity contribution in [2.45, 2.75) is 24.7 Å². The fourth-order valence-corrected chi connectivity index (χ4v) is 3.38. The van der Waals surface area contributed by atoms with Gasteiger partial charge in [0, 0.05) is 18.9 Å². The van der Waals surface area contributed by atoms with Gasteiger partial charge >= 0.3 is 0 Å². The number of pyridine rings is 1. The molecule has 1 aromatic carbocycles. The molecular formula is C15H18N2O2S. The molecule has 1 aromatic heterocycles. The zero-order valence-corrected chi connectivity index (χ0v) is 12.3. The number of aromatic nitrogens is 1. The summed E-state index contributed by atoms with van der Waals surface area (Å²) in [6, 6.07) is 12.4. The number of sulfonamides is 1. The van der Waals surface area contributed by atoms with Crippen molar-refractivity contribution in [3.05, 3.63) is 54.9 Å². The zero-order valence-electron chi connectivity index (χ0n) is 11.4. The first kappa shape index (κ1) is 14.5. The first-order valence-electron chi connectivity index (χ1n) is 6.64. The normalized spacial score (nSPS) is 11.2. The van der Waals surface area contributed by atoms with E-state index in [1.165, 1.54) is 10.5 Å². The second-order valence-corrected chi connectivity index (χ2v) is 6.32. The van der Waals surface area contributed by atoms with Crippen LogP contribution in [0.25, 0.3) is 0 Å². The molecule has 0 saturated heterocycles. The van der Waals surface area contributed by atoms with E-state index in [1.54, 1.807) is 18.3 Å². The van der Waals surface area contributed by atoms with Gasteiger partial charge in [0.15, 0.2) is 0 Å². The number of unbranched alkanes of at least 4 members (excludes halogenated alkanes) is 1. The average molecular weight is 290 g/mol. The highest BCUT2D eigenvalue weighted by Gasteiger charge is 2.24. The number of anilines is 1. The molecule has 2 aromatic rings. The molecule has 0 atom stereocenters. The second-order valence-electron chi connectivity index (χ2n) is 4.46. The van der Waals surface area contributed by atoms with Crippen molar-refractivity contribution in [1.29, 1.82) is 0 Å². The van der Waals surface area contributed by atoms with Gasteiger partial charge in [-0.2, -0.15) is 0 Å². The molecule has 4 nitrogen and oxygen atoms in total. The van der Waals surface area contributed by atoms with Gasteiger partial charge in [-0.25, -0.2) is 8.42 Å². The molecule has 0 aliphatic heterocycles. The SMILES string of the molecule is CCCCN(c1ccccc1)S(=O)(=O)c1cccnc1. The minimum absolute atomic E-state index is 0.222. The third-order valence-corrected chi connectivity index (χ3v) is 4.79. The van der Waals surface area contributed by atoms with Gasteiger partial charge in [-0.05, 0) is 30.7 Å². The first-order chi connectivity index (χ1) is 9.66. The van der Waals surface area contributed by atoms with E-state index in [-0.39, 0.29) is 4.90 Å². The van der Waals surface area contributed by atoms with Gasteiger partial charge in [-0.1, -0.05) is 31.5 Å². The third kappa shape index (κ3) is 3.17. The summed E-state index contributed by atoms with van der Waals surface area (Å²) in [7, 11) is -3.56. The molecule has 1 heterocycles. The molecule has 106 valence electrons. The smallest absolute Gasteiger partial charge is 0.265 e. The van der Waals surface area contributed by atoms with Gasteiger partial charge in [0.1, 0.15) is 4.90 Å². The summed E-state index contributed by atoms with van der Waals surface area (Å²) in [4.78, 5) is 4.12. The topological polar surface area (TPSA) is 50.3 Å². The van der Waals surface area contributed by atoms with Crippen LogP contribution >= 0.6 is 0 Å². The summed E-state index contributed by atoms with van der Waals surface area (Å²) >= 11 is 0. The molecule has 0 spiro atoms. The zero-order chi connectivity index (χ0) is 14.4. The van der Waals surface area contributed by atoms with Gasteiger partial charge in [0.2, 0.25) is 0 Å². The highest BCUT2D eigenvalue weighted by molar-refractivity contribution is 7.92. The number of nitrogens with zero attached hydrogens (tertiary/aromatic N) is 2. The molecule has 0 saturated carbocycles. The van der Waals surface area contributed by atoms with Crippen molar-refractivity contribution in [3.63, 3.8) is 0 Å². The molecule has 0 fully saturated rings. The van der Waals surface area contributed by atoms with Crippen molar-refractivity contribution in [3.8, 4) is 0 Å². The maximum atomic E-state index is 12.7. The first-order valence-corrected chi connectivity index (χ1v) is 8.08. The van der Waals surface area contributed by atoms with Crippen LogP contribution in [0.5, 0.6) is 0 Å². The summed E-state index contributed by atoms with van der Waals surface area (Å²) in [6.07, 6.45) is 4.70. The lowest BCUT2D eigenvalue weighted by Crippen LogP contribution is -2.32. The monoisotopic (exact) mass is 290 g/mol. The predicted molar refractivity (Wildman–Crippen MR) is 80.1 cm³/mol. The molecule has 0 N–H and O–H groups in total. The lowest BCUT2D eigenvalue weighted by Gasteiger charge is -2.24. The van der Waals surface area contributed by atoms with Crippen LogP contribution in [0.4, 0.5) is 5.69 Å². The summed E-state index contributed by atoms with van der Waals surface area (Å²) < 4.78 is 26.9. The molecule has 0 radical (unpaired) electrons. The minimum Gasteiger partial charge on any atom is -0.266 e. The van der Waals surface area contributed by atoms with Crippen LogP contribution in [-0.4, -0.2) is 19.9 Å². The highest BCUT2D eigenvalue weighted by atomic mass is 32.2. The summed E-state index contributed by atoms with van der Waals surface area (Å²) in [5.74, 6) is 0. The fourth-order valence-electron chi connectivity index (χ4n) is 1.91. The Morgan fingerprint density at radius 1 is 1.10 bits per heavy atom. The van der Waals surface area contributed by atoms with Crippen LogP contribution in [0.3, 0.4) is 0 Å². The van der Waals surface area contributed by atoms with E-state index >= 15 is 0 Å². The van der Waals surface area contributed by atoms with E-state index in [0.717, 1.165) is 12.8 Å². The van der Waals surface area contributed by atoms with Gasteiger partial charge in [-0.15, -0.1) is 0 Å². The van der Waals surface area contributed by atoms with Crippen molar-refractivity contribution < 1.29 is 8.42 Å². The Balaban J connectivity index is 2.41. The minimum atomic E-state index is -3.56. The average Bonchev–Trinajstić information content (AvgIpc) is 2.49. The van der Waals surface area contributed by atoms with E-state index in [1.807, 2.05) is 37.3 Å². The Morgan fingerprint density at radius 2 is 1.85 bits per heavy atom. The largest absolute Gasteiger partial charge is 0.266 e.